The Kier molecular flexibility index (Phi) is 5.89. The van der Waals surface area contributed by atoms with Gasteiger partial charge in [0.2, 0.25) is 0 Å². The first-order chi connectivity index (χ1) is 12.6. The van der Waals surface area contributed by atoms with Gasteiger partial charge in [-0.15, -0.1) is 0 Å². The Bertz CT molecular complexity index is 787. The molecule has 26 heavy (non-hydrogen) atoms. The molecule has 3 rings (SSSR count). The van der Waals surface area contributed by atoms with E-state index in [-0.39, 0.29) is 6.10 Å². The summed E-state index contributed by atoms with van der Waals surface area (Å²) in [5, 5.41) is 3.45. The fraction of sp³-hybridized carbons (Fsp3) is 0.429. The molecule has 2 heterocycles. The summed E-state index contributed by atoms with van der Waals surface area (Å²) in [6, 6.07) is 10.6. The van der Waals surface area contributed by atoms with Crippen LogP contribution >= 0.6 is 0 Å². The number of pyridine rings is 1. The van der Waals surface area contributed by atoms with E-state index < -0.39 is 0 Å². The van der Waals surface area contributed by atoms with E-state index in [2.05, 4.69) is 65.2 Å². The van der Waals surface area contributed by atoms with E-state index in [0.717, 1.165) is 24.7 Å². The van der Waals surface area contributed by atoms with Crippen LogP contribution < -0.4 is 5.32 Å². The molecular weight excluding hydrogens is 324 g/mol. The van der Waals surface area contributed by atoms with Crippen molar-refractivity contribution in [3.8, 4) is 0 Å². The molecule has 1 atom stereocenters. The smallest absolute Gasteiger partial charge is 0.194 e. The quantitative estimate of drug-likeness (QED) is 0.681. The van der Waals surface area contributed by atoms with Gasteiger partial charge >= 0.3 is 0 Å². The number of aryl methyl sites for hydroxylation is 3. The maximum Gasteiger partial charge on any atom is 0.194 e. The summed E-state index contributed by atoms with van der Waals surface area (Å²) in [6.45, 7) is 9.36. The molecule has 1 N–H and O–H groups in total. The van der Waals surface area contributed by atoms with Gasteiger partial charge in [0.1, 0.15) is 6.10 Å². The third-order valence-corrected chi connectivity index (χ3v) is 4.88. The molecule has 5 nitrogen and oxygen atoms in total. The highest BCUT2D eigenvalue weighted by Gasteiger charge is 2.25. The van der Waals surface area contributed by atoms with Crippen molar-refractivity contribution >= 4 is 5.96 Å². The molecule has 1 saturated heterocycles. The topological polar surface area (TPSA) is 49.8 Å². The van der Waals surface area contributed by atoms with Crippen LogP contribution in [-0.4, -0.2) is 42.6 Å². The molecule has 1 aromatic carbocycles. The predicted octanol–water partition coefficient (Wildman–Crippen LogP) is 3.16. The second-order valence-electron chi connectivity index (χ2n) is 6.83. The molecule has 0 saturated carbocycles. The molecule has 1 unspecified atom stereocenters. The van der Waals surface area contributed by atoms with E-state index in [9.17, 15) is 0 Å². The van der Waals surface area contributed by atoms with Crippen molar-refractivity contribution in [2.24, 2.45) is 4.99 Å². The maximum absolute atomic E-state index is 6.05. The average Bonchev–Trinajstić information content (AvgIpc) is 2.64. The number of guanidine groups is 1. The Hall–Kier alpha value is -2.40. The van der Waals surface area contributed by atoms with Gasteiger partial charge in [-0.1, -0.05) is 29.8 Å². The van der Waals surface area contributed by atoms with Crippen LogP contribution in [0.2, 0.25) is 0 Å². The van der Waals surface area contributed by atoms with Crippen molar-refractivity contribution in [2.45, 2.75) is 33.4 Å². The van der Waals surface area contributed by atoms with Crippen LogP contribution in [0.25, 0.3) is 0 Å². The summed E-state index contributed by atoms with van der Waals surface area (Å²) >= 11 is 0. The van der Waals surface area contributed by atoms with Gasteiger partial charge in [0, 0.05) is 19.8 Å². The summed E-state index contributed by atoms with van der Waals surface area (Å²) < 4.78 is 6.05. The predicted molar refractivity (Wildman–Crippen MR) is 105 cm³/mol. The molecule has 0 radical (unpaired) electrons. The minimum absolute atomic E-state index is 0.0690. The van der Waals surface area contributed by atoms with E-state index in [4.69, 9.17) is 4.74 Å². The number of rotatable bonds is 3. The lowest BCUT2D eigenvalue weighted by molar-refractivity contribution is -0.00835. The first kappa shape index (κ1) is 18.4. The molecule has 2 aromatic rings. The van der Waals surface area contributed by atoms with E-state index in [1.807, 2.05) is 19.3 Å². The van der Waals surface area contributed by atoms with Crippen molar-refractivity contribution in [3.05, 3.63) is 64.5 Å². The molecule has 1 fully saturated rings. The minimum Gasteiger partial charge on any atom is -0.370 e. The van der Waals surface area contributed by atoms with Gasteiger partial charge in [-0.2, -0.15) is 0 Å². The second kappa shape index (κ2) is 8.32. The molecule has 1 aliphatic heterocycles. The van der Waals surface area contributed by atoms with Crippen molar-refractivity contribution in [3.63, 3.8) is 0 Å². The third kappa shape index (κ3) is 4.22. The molecule has 0 spiro atoms. The van der Waals surface area contributed by atoms with Crippen LogP contribution in [0, 0.1) is 20.8 Å². The normalized spacial score (nSPS) is 18.1. The number of aliphatic imine (C=N–C) groups is 1. The molecule has 1 aromatic heterocycles. The number of aromatic nitrogens is 1. The number of hydrogen-bond donors (Lipinski definition) is 1. The molecular formula is C21H28N4O. The number of hydrogen-bond acceptors (Lipinski definition) is 3. The van der Waals surface area contributed by atoms with E-state index in [1.54, 1.807) is 0 Å². The first-order valence-corrected chi connectivity index (χ1v) is 9.13. The Morgan fingerprint density at radius 3 is 2.85 bits per heavy atom. The summed E-state index contributed by atoms with van der Waals surface area (Å²) in [5.41, 5.74) is 6.06. The van der Waals surface area contributed by atoms with Gasteiger partial charge in [-0.05, 0) is 43.5 Å². The summed E-state index contributed by atoms with van der Waals surface area (Å²) in [4.78, 5) is 11.2. The summed E-state index contributed by atoms with van der Waals surface area (Å²) in [5.74, 6) is 0.896. The summed E-state index contributed by atoms with van der Waals surface area (Å²) in [7, 11) is 1.83. The standard InChI is InChI=1S/C21H28N4O/c1-15-7-8-18(17(3)12-15)20-14-25(10-11-26-20)21(22-4)24-13-19-16(2)6-5-9-23-19/h5-9,12,20H,10-11,13-14H2,1-4H3,(H,22,24). The number of ether oxygens (including phenoxy) is 1. The molecule has 0 bridgehead atoms. The lowest BCUT2D eigenvalue weighted by atomic mass is 10.00. The lowest BCUT2D eigenvalue weighted by Gasteiger charge is -2.35. The lowest BCUT2D eigenvalue weighted by Crippen LogP contribution is -2.48. The van der Waals surface area contributed by atoms with E-state index >= 15 is 0 Å². The third-order valence-electron chi connectivity index (χ3n) is 4.88. The van der Waals surface area contributed by atoms with Gasteiger partial charge in [-0.3, -0.25) is 9.98 Å². The van der Waals surface area contributed by atoms with Gasteiger partial charge in [0.15, 0.2) is 5.96 Å². The fourth-order valence-electron chi connectivity index (χ4n) is 3.42. The van der Waals surface area contributed by atoms with E-state index in [0.29, 0.717) is 13.2 Å². The maximum atomic E-state index is 6.05. The Morgan fingerprint density at radius 1 is 1.27 bits per heavy atom. The molecule has 138 valence electrons. The van der Waals surface area contributed by atoms with Crippen LogP contribution in [0.4, 0.5) is 0 Å². The number of benzene rings is 1. The number of morpholine rings is 1. The summed E-state index contributed by atoms with van der Waals surface area (Å²) in [6.07, 6.45) is 1.90. The Morgan fingerprint density at radius 2 is 2.12 bits per heavy atom. The van der Waals surface area contributed by atoms with Crippen LogP contribution in [0.3, 0.4) is 0 Å². The number of nitrogens with one attached hydrogen (secondary N) is 1. The fourth-order valence-corrected chi connectivity index (χ4v) is 3.42. The number of nitrogens with zero attached hydrogens (tertiary/aromatic N) is 3. The zero-order chi connectivity index (χ0) is 18.5. The second-order valence-corrected chi connectivity index (χ2v) is 6.83. The molecule has 5 heteroatoms. The van der Waals surface area contributed by atoms with Gasteiger partial charge in [-0.25, -0.2) is 0 Å². The van der Waals surface area contributed by atoms with Crippen molar-refractivity contribution in [1.82, 2.24) is 15.2 Å². The van der Waals surface area contributed by atoms with Gasteiger partial charge in [0.05, 0.1) is 25.4 Å². The highest BCUT2D eigenvalue weighted by Crippen LogP contribution is 2.25. The Labute approximate surface area is 156 Å². The first-order valence-electron chi connectivity index (χ1n) is 9.13. The highest BCUT2D eigenvalue weighted by molar-refractivity contribution is 5.80. The van der Waals surface area contributed by atoms with Crippen molar-refractivity contribution < 1.29 is 4.74 Å². The van der Waals surface area contributed by atoms with Crippen LogP contribution in [-0.2, 0) is 11.3 Å². The van der Waals surface area contributed by atoms with Crippen LogP contribution in [0.15, 0.2) is 41.5 Å². The zero-order valence-corrected chi connectivity index (χ0v) is 16.1. The zero-order valence-electron chi connectivity index (χ0n) is 16.1. The largest absolute Gasteiger partial charge is 0.370 e. The van der Waals surface area contributed by atoms with Gasteiger partial charge in [0.25, 0.3) is 0 Å². The van der Waals surface area contributed by atoms with E-state index in [1.165, 1.54) is 22.3 Å². The molecule has 0 aliphatic carbocycles. The highest BCUT2D eigenvalue weighted by atomic mass is 16.5. The average molecular weight is 352 g/mol. The van der Waals surface area contributed by atoms with Crippen LogP contribution in [0.1, 0.15) is 34.1 Å². The Balaban J connectivity index is 1.68. The minimum atomic E-state index is 0.0690. The monoisotopic (exact) mass is 352 g/mol. The van der Waals surface area contributed by atoms with Crippen molar-refractivity contribution in [2.75, 3.05) is 26.7 Å². The van der Waals surface area contributed by atoms with Crippen molar-refractivity contribution in [1.29, 1.82) is 0 Å². The molecule has 0 amide bonds. The van der Waals surface area contributed by atoms with Gasteiger partial charge < -0.3 is 15.0 Å². The van der Waals surface area contributed by atoms with Crippen LogP contribution in [0.5, 0.6) is 0 Å². The molecule has 1 aliphatic rings. The SMILES string of the molecule is CN=C(NCc1ncccc1C)N1CCOC(c2ccc(C)cc2C)C1.